The van der Waals surface area contributed by atoms with Gasteiger partial charge in [0.2, 0.25) is 5.91 Å². The summed E-state index contributed by atoms with van der Waals surface area (Å²) in [5.74, 6) is 0.929. The Labute approximate surface area is 99.4 Å². The fourth-order valence-electron chi connectivity index (χ4n) is 2.10. The van der Waals surface area contributed by atoms with Crippen molar-refractivity contribution in [3.63, 3.8) is 0 Å². The van der Waals surface area contributed by atoms with Crippen molar-refractivity contribution in [2.75, 3.05) is 13.1 Å². The second kappa shape index (κ2) is 7.66. The highest BCUT2D eigenvalue weighted by Crippen LogP contribution is 2.08. The van der Waals surface area contributed by atoms with Crippen LogP contribution in [-0.4, -0.2) is 25.0 Å². The smallest absolute Gasteiger partial charge is 0.237 e. The summed E-state index contributed by atoms with van der Waals surface area (Å²) in [6.45, 7) is 6.25. The fourth-order valence-corrected chi connectivity index (χ4v) is 2.10. The predicted molar refractivity (Wildman–Crippen MR) is 67.3 cm³/mol. The van der Waals surface area contributed by atoms with Gasteiger partial charge in [-0.25, -0.2) is 0 Å². The molecule has 0 aromatic heterocycles. The van der Waals surface area contributed by atoms with Crippen molar-refractivity contribution in [2.45, 2.75) is 58.4 Å². The Morgan fingerprint density at radius 2 is 2.19 bits per heavy atom. The summed E-state index contributed by atoms with van der Waals surface area (Å²) in [7, 11) is 0. The van der Waals surface area contributed by atoms with E-state index in [1.165, 1.54) is 25.7 Å². The summed E-state index contributed by atoms with van der Waals surface area (Å²) >= 11 is 0. The van der Waals surface area contributed by atoms with Gasteiger partial charge in [-0.1, -0.05) is 26.7 Å². The molecule has 16 heavy (non-hydrogen) atoms. The zero-order valence-corrected chi connectivity index (χ0v) is 10.7. The first-order chi connectivity index (χ1) is 7.70. The second-order valence-corrected chi connectivity index (χ2v) is 5.18. The van der Waals surface area contributed by atoms with Crippen molar-refractivity contribution >= 4 is 5.91 Å². The third-order valence-electron chi connectivity index (χ3n) is 3.13. The Morgan fingerprint density at radius 1 is 1.38 bits per heavy atom. The van der Waals surface area contributed by atoms with Gasteiger partial charge in [-0.05, 0) is 38.1 Å². The molecular weight excluding hydrogens is 200 g/mol. The van der Waals surface area contributed by atoms with Gasteiger partial charge in [0.05, 0.1) is 6.04 Å². The van der Waals surface area contributed by atoms with E-state index in [4.69, 9.17) is 0 Å². The molecule has 1 aliphatic heterocycles. The van der Waals surface area contributed by atoms with Crippen LogP contribution in [-0.2, 0) is 4.79 Å². The van der Waals surface area contributed by atoms with E-state index in [1.807, 2.05) is 0 Å². The van der Waals surface area contributed by atoms with Crippen LogP contribution in [0.25, 0.3) is 0 Å². The summed E-state index contributed by atoms with van der Waals surface area (Å²) in [6, 6.07) is 0.0570. The maximum atomic E-state index is 11.8. The molecule has 3 heteroatoms. The lowest BCUT2D eigenvalue weighted by molar-refractivity contribution is -0.123. The maximum Gasteiger partial charge on any atom is 0.237 e. The molecule has 0 radical (unpaired) electrons. The molecule has 0 aromatic rings. The lowest BCUT2D eigenvalue weighted by atomic mass is 10.1. The highest BCUT2D eigenvalue weighted by atomic mass is 16.2. The van der Waals surface area contributed by atoms with Gasteiger partial charge in [0.25, 0.3) is 0 Å². The molecule has 1 atom stereocenters. The number of rotatable bonds is 5. The Bertz CT molecular complexity index is 196. The number of hydrogen-bond acceptors (Lipinski definition) is 2. The molecule has 94 valence electrons. The minimum absolute atomic E-state index is 0.0570. The highest BCUT2D eigenvalue weighted by molar-refractivity contribution is 5.81. The van der Waals surface area contributed by atoms with Crippen molar-refractivity contribution < 1.29 is 4.79 Å². The van der Waals surface area contributed by atoms with Gasteiger partial charge in [-0.2, -0.15) is 0 Å². The summed E-state index contributed by atoms with van der Waals surface area (Å²) in [6.07, 6.45) is 6.92. The summed E-state index contributed by atoms with van der Waals surface area (Å²) in [4.78, 5) is 11.8. The molecule has 1 amide bonds. The number of amides is 1. The molecule has 1 heterocycles. The van der Waals surface area contributed by atoms with E-state index < -0.39 is 0 Å². The van der Waals surface area contributed by atoms with Gasteiger partial charge in [-0.15, -0.1) is 0 Å². The topological polar surface area (TPSA) is 41.1 Å². The molecular formula is C13H26N2O. The molecule has 1 saturated heterocycles. The Balaban J connectivity index is 2.13. The van der Waals surface area contributed by atoms with Crippen molar-refractivity contribution in [3.05, 3.63) is 0 Å². The first-order valence-electron chi connectivity index (χ1n) is 6.71. The van der Waals surface area contributed by atoms with E-state index in [2.05, 4.69) is 24.5 Å². The average molecular weight is 226 g/mol. The van der Waals surface area contributed by atoms with Crippen molar-refractivity contribution in [3.8, 4) is 0 Å². The summed E-state index contributed by atoms with van der Waals surface area (Å²) in [5, 5.41) is 6.35. The molecule has 1 unspecified atom stereocenters. The van der Waals surface area contributed by atoms with Crippen LogP contribution in [0.1, 0.15) is 52.4 Å². The molecule has 1 aliphatic rings. The second-order valence-electron chi connectivity index (χ2n) is 5.18. The Morgan fingerprint density at radius 3 is 2.94 bits per heavy atom. The van der Waals surface area contributed by atoms with Crippen molar-refractivity contribution in [2.24, 2.45) is 5.92 Å². The van der Waals surface area contributed by atoms with Crippen LogP contribution in [0.3, 0.4) is 0 Å². The quantitative estimate of drug-likeness (QED) is 0.705. The minimum Gasteiger partial charge on any atom is -0.355 e. The zero-order chi connectivity index (χ0) is 11.8. The van der Waals surface area contributed by atoms with Crippen LogP contribution in [0.5, 0.6) is 0 Å². The molecule has 1 rings (SSSR count). The number of nitrogens with one attached hydrogen (secondary N) is 2. The monoisotopic (exact) mass is 226 g/mol. The van der Waals surface area contributed by atoms with Crippen molar-refractivity contribution in [1.29, 1.82) is 0 Å². The van der Waals surface area contributed by atoms with Crippen LogP contribution < -0.4 is 10.6 Å². The molecule has 3 nitrogen and oxygen atoms in total. The fraction of sp³-hybridized carbons (Fsp3) is 0.923. The average Bonchev–Trinajstić information content (AvgIpc) is 2.52. The van der Waals surface area contributed by atoms with Gasteiger partial charge in [-0.3, -0.25) is 4.79 Å². The van der Waals surface area contributed by atoms with Gasteiger partial charge >= 0.3 is 0 Å². The van der Waals surface area contributed by atoms with Gasteiger partial charge in [0.15, 0.2) is 0 Å². The summed E-state index contributed by atoms with van der Waals surface area (Å²) in [5.41, 5.74) is 0. The maximum absolute atomic E-state index is 11.8. The zero-order valence-electron chi connectivity index (χ0n) is 10.7. The standard InChI is InChI=1S/C13H26N2O/c1-11(2)7-6-10-15-13(16)12-8-4-3-5-9-14-12/h11-12,14H,3-10H2,1-2H3,(H,15,16). The van der Waals surface area contributed by atoms with Crippen LogP contribution in [0.15, 0.2) is 0 Å². The summed E-state index contributed by atoms with van der Waals surface area (Å²) < 4.78 is 0. The predicted octanol–water partition coefficient (Wildman–Crippen LogP) is 2.07. The van der Waals surface area contributed by atoms with Crippen LogP contribution in [0, 0.1) is 5.92 Å². The van der Waals surface area contributed by atoms with E-state index in [0.29, 0.717) is 0 Å². The van der Waals surface area contributed by atoms with E-state index in [0.717, 1.165) is 31.8 Å². The molecule has 0 aliphatic carbocycles. The molecule has 0 bridgehead atoms. The normalized spacial score (nSPS) is 21.8. The largest absolute Gasteiger partial charge is 0.355 e. The van der Waals surface area contributed by atoms with Crippen molar-refractivity contribution in [1.82, 2.24) is 10.6 Å². The van der Waals surface area contributed by atoms with Crippen LogP contribution in [0.2, 0.25) is 0 Å². The molecule has 1 fully saturated rings. The van der Waals surface area contributed by atoms with Gasteiger partial charge in [0, 0.05) is 6.54 Å². The third-order valence-corrected chi connectivity index (χ3v) is 3.13. The third kappa shape index (κ3) is 5.50. The minimum atomic E-state index is 0.0570. The number of carbonyl (C=O) groups excluding carboxylic acids is 1. The van der Waals surface area contributed by atoms with E-state index >= 15 is 0 Å². The first kappa shape index (κ1) is 13.5. The Kier molecular flexibility index (Phi) is 6.46. The molecule has 0 spiro atoms. The molecule has 0 aromatic carbocycles. The Hall–Kier alpha value is -0.570. The number of hydrogen-bond donors (Lipinski definition) is 2. The molecule has 0 saturated carbocycles. The van der Waals surface area contributed by atoms with E-state index in [9.17, 15) is 4.79 Å². The molecule has 2 N–H and O–H groups in total. The number of carbonyl (C=O) groups is 1. The van der Waals surface area contributed by atoms with Gasteiger partial charge < -0.3 is 10.6 Å². The SMILES string of the molecule is CC(C)CCCNC(=O)C1CCCCCN1. The lowest BCUT2D eigenvalue weighted by Gasteiger charge is -2.15. The van der Waals surface area contributed by atoms with Crippen LogP contribution >= 0.6 is 0 Å². The van der Waals surface area contributed by atoms with E-state index in [1.54, 1.807) is 0 Å². The first-order valence-corrected chi connectivity index (χ1v) is 6.71. The van der Waals surface area contributed by atoms with E-state index in [-0.39, 0.29) is 11.9 Å². The highest BCUT2D eigenvalue weighted by Gasteiger charge is 2.18. The lowest BCUT2D eigenvalue weighted by Crippen LogP contribution is -2.44. The van der Waals surface area contributed by atoms with Gasteiger partial charge in [0.1, 0.15) is 0 Å². The van der Waals surface area contributed by atoms with Crippen LogP contribution in [0.4, 0.5) is 0 Å².